The van der Waals surface area contributed by atoms with E-state index in [0.717, 1.165) is 11.1 Å². The van der Waals surface area contributed by atoms with Crippen molar-refractivity contribution in [3.63, 3.8) is 0 Å². The molecule has 2 rings (SSSR count). The molecule has 0 bridgehead atoms. The van der Waals surface area contributed by atoms with Crippen molar-refractivity contribution in [2.24, 2.45) is 0 Å². The van der Waals surface area contributed by atoms with E-state index < -0.39 is 12.1 Å². The number of esters is 1. The number of halogens is 1. The Hall–Kier alpha value is -2.59. The van der Waals surface area contributed by atoms with Crippen LogP contribution in [0.5, 0.6) is 0 Å². The lowest BCUT2D eigenvalue weighted by Crippen LogP contribution is -2.29. The van der Waals surface area contributed by atoms with Gasteiger partial charge in [0.15, 0.2) is 6.10 Å². The van der Waals surface area contributed by atoms with E-state index in [1.165, 1.54) is 13.0 Å². The first-order valence-electron chi connectivity index (χ1n) is 7.46. The standard InChI is InChI=1S/C19H18ClNO3/c1-13-3-10-17(11-4-13)21-19(23)14(2)24-18(22)12-7-15-5-8-16(20)9-6-15/h3-12,14H,1-2H3,(H,21,23)/b12-7+/t14-/m0/s1. The zero-order valence-electron chi connectivity index (χ0n) is 13.5. The van der Waals surface area contributed by atoms with E-state index in [1.807, 2.05) is 19.1 Å². The van der Waals surface area contributed by atoms with Gasteiger partial charge in [-0.3, -0.25) is 4.79 Å². The Bertz CT molecular complexity index is 736. The van der Waals surface area contributed by atoms with Gasteiger partial charge in [-0.15, -0.1) is 0 Å². The molecule has 0 aliphatic rings. The maximum absolute atomic E-state index is 12.0. The second kappa shape index (κ2) is 8.31. The van der Waals surface area contributed by atoms with E-state index in [4.69, 9.17) is 16.3 Å². The summed E-state index contributed by atoms with van der Waals surface area (Å²) in [6, 6.07) is 14.4. The first-order valence-corrected chi connectivity index (χ1v) is 7.83. The molecule has 24 heavy (non-hydrogen) atoms. The highest BCUT2D eigenvalue weighted by molar-refractivity contribution is 6.30. The summed E-state index contributed by atoms with van der Waals surface area (Å²) in [6.07, 6.45) is 1.98. The van der Waals surface area contributed by atoms with Crippen LogP contribution in [0.3, 0.4) is 0 Å². The third kappa shape index (κ3) is 5.56. The Labute approximate surface area is 146 Å². The van der Waals surface area contributed by atoms with Crippen molar-refractivity contribution >= 4 is 35.2 Å². The number of aryl methyl sites for hydroxylation is 1. The largest absolute Gasteiger partial charge is 0.449 e. The van der Waals surface area contributed by atoms with Gasteiger partial charge in [-0.05, 0) is 49.8 Å². The molecule has 124 valence electrons. The van der Waals surface area contributed by atoms with Gasteiger partial charge in [0.25, 0.3) is 5.91 Å². The number of hydrogen-bond acceptors (Lipinski definition) is 3. The van der Waals surface area contributed by atoms with E-state index in [9.17, 15) is 9.59 Å². The van der Waals surface area contributed by atoms with Crippen molar-refractivity contribution in [1.29, 1.82) is 0 Å². The molecule has 0 spiro atoms. The van der Waals surface area contributed by atoms with E-state index in [0.29, 0.717) is 10.7 Å². The first-order chi connectivity index (χ1) is 11.4. The quantitative estimate of drug-likeness (QED) is 0.652. The van der Waals surface area contributed by atoms with Crippen molar-refractivity contribution < 1.29 is 14.3 Å². The molecule has 0 heterocycles. The number of amides is 1. The second-order valence-electron chi connectivity index (χ2n) is 5.32. The molecule has 5 heteroatoms. The number of carbonyl (C=O) groups is 2. The molecular formula is C19H18ClNO3. The van der Waals surface area contributed by atoms with Crippen LogP contribution in [0.25, 0.3) is 6.08 Å². The smallest absolute Gasteiger partial charge is 0.331 e. The third-order valence-corrected chi connectivity index (χ3v) is 3.52. The number of nitrogens with one attached hydrogen (secondary N) is 1. The van der Waals surface area contributed by atoms with Crippen molar-refractivity contribution in [2.45, 2.75) is 20.0 Å². The summed E-state index contributed by atoms with van der Waals surface area (Å²) >= 11 is 5.79. The van der Waals surface area contributed by atoms with Crippen molar-refractivity contribution in [2.75, 3.05) is 5.32 Å². The second-order valence-corrected chi connectivity index (χ2v) is 5.76. The fraction of sp³-hybridized carbons (Fsp3) is 0.158. The van der Waals surface area contributed by atoms with E-state index >= 15 is 0 Å². The van der Waals surface area contributed by atoms with Crippen molar-refractivity contribution in [1.82, 2.24) is 0 Å². The minimum Gasteiger partial charge on any atom is -0.449 e. The Morgan fingerprint density at radius 2 is 1.71 bits per heavy atom. The zero-order valence-corrected chi connectivity index (χ0v) is 14.2. The van der Waals surface area contributed by atoms with Gasteiger partial charge in [-0.2, -0.15) is 0 Å². The van der Waals surface area contributed by atoms with E-state index in [-0.39, 0.29) is 5.91 Å². The highest BCUT2D eigenvalue weighted by atomic mass is 35.5. The summed E-state index contributed by atoms with van der Waals surface area (Å²) in [5.41, 5.74) is 2.57. The van der Waals surface area contributed by atoms with Gasteiger partial charge in [0.1, 0.15) is 0 Å². The molecule has 0 saturated carbocycles. The Morgan fingerprint density at radius 1 is 1.08 bits per heavy atom. The topological polar surface area (TPSA) is 55.4 Å². The monoisotopic (exact) mass is 343 g/mol. The molecule has 0 aromatic heterocycles. The molecule has 1 N–H and O–H groups in total. The third-order valence-electron chi connectivity index (χ3n) is 3.26. The molecule has 0 aliphatic heterocycles. The molecule has 4 nitrogen and oxygen atoms in total. The fourth-order valence-electron chi connectivity index (χ4n) is 1.89. The van der Waals surface area contributed by atoms with Crippen LogP contribution in [0, 0.1) is 6.92 Å². The number of anilines is 1. The average molecular weight is 344 g/mol. The summed E-state index contributed by atoms with van der Waals surface area (Å²) < 4.78 is 5.09. The van der Waals surface area contributed by atoms with Crippen LogP contribution in [0.15, 0.2) is 54.6 Å². The number of ether oxygens (including phenoxy) is 1. The first kappa shape index (κ1) is 17.8. The SMILES string of the molecule is Cc1ccc(NC(=O)[C@H](C)OC(=O)/C=C/c2ccc(Cl)cc2)cc1. The van der Waals surface area contributed by atoms with Gasteiger partial charge in [-0.25, -0.2) is 4.79 Å². The van der Waals surface area contributed by atoms with Crippen LogP contribution >= 0.6 is 11.6 Å². The van der Waals surface area contributed by atoms with E-state index in [1.54, 1.807) is 42.5 Å². The van der Waals surface area contributed by atoms with Gasteiger partial charge in [-0.1, -0.05) is 41.4 Å². The fourth-order valence-corrected chi connectivity index (χ4v) is 2.01. The highest BCUT2D eigenvalue weighted by Crippen LogP contribution is 2.11. The van der Waals surface area contributed by atoms with Gasteiger partial charge >= 0.3 is 5.97 Å². The van der Waals surface area contributed by atoms with Gasteiger partial charge in [0.05, 0.1) is 0 Å². The molecule has 1 atom stereocenters. The molecule has 0 radical (unpaired) electrons. The summed E-state index contributed by atoms with van der Waals surface area (Å²) in [4.78, 5) is 23.8. The van der Waals surface area contributed by atoms with Crippen molar-refractivity contribution in [3.05, 3.63) is 70.8 Å². The lowest BCUT2D eigenvalue weighted by Gasteiger charge is -2.12. The Kier molecular flexibility index (Phi) is 6.15. The number of benzene rings is 2. The van der Waals surface area contributed by atoms with Crippen LogP contribution in [-0.4, -0.2) is 18.0 Å². The Balaban J connectivity index is 1.87. The summed E-state index contributed by atoms with van der Waals surface area (Å²) in [7, 11) is 0. The van der Waals surface area contributed by atoms with Gasteiger partial charge in [0.2, 0.25) is 0 Å². The summed E-state index contributed by atoms with van der Waals surface area (Å²) in [6.45, 7) is 3.49. The van der Waals surface area contributed by atoms with E-state index in [2.05, 4.69) is 5.32 Å². The zero-order chi connectivity index (χ0) is 17.5. The number of hydrogen-bond donors (Lipinski definition) is 1. The highest BCUT2D eigenvalue weighted by Gasteiger charge is 2.16. The lowest BCUT2D eigenvalue weighted by atomic mass is 10.2. The lowest BCUT2D eigenvalue weighted by molar-refractivity contribution is -0.148. The van der Waals surface area contributed by atoms with Crippen LogP contribution in [-0.2, 0) is 14.3 Å². The maximum atomic E-state index is 12.0. The van der Waals surface area contributed by atoms with Gasteiger partial charge < -0.3 is 10.1 Å². The van der Waals surface area contributed by atoms with Crippen molar-refractivity contribution in [3.8, 4) is 0 Å². The molecule has 0 saturated heterocycles. The summed E-state index contributed by atoms with van der Waals surface area (Å²) in [5.74, 6) is -0.969. The maximum Gasteiger partial charge on any atom is 0.331 e. The van der Waals surface area contributed by atoms with Crippen LogP contribution in [0.4, 0.5) is 5.69 Å². The Morgan fingerprint density at radius 3 is 2.33 bits per heavy atom. The predicted molar refractivity (Wildman–Crippen MR) is 95.8 cm³/mol. The molecule has 0 unspecified atom stereocenters. The minimum absolute atomic E-state index is 0.382. The molecule has 1 amide bonds. The molecular weight excluding hydrogens is 326 g/mol. The summed E-state index contributed by atoms with van der Waals surface area (Å²) in [5, 5.41) is 3.32. The van der Waals surface area contributed by atoms with Crippen LogP contribution < -0.4 is 5.32 Å². The van der Waals surface area contributed by atoms with Gasteiger partial charge in [0, 0.05) is 16.8 Å². The number of carbonyl (C=O) groups excluding carboxylic acids is 2. The predicted octanol–water partition coefficient (Wildman–Crippen LogP) is 4.23. The molecule has 2 aromatic carbocycles. The van der Waals surface area contributed by atoms with Crippen LogP contribution in [0.1, 0.15) is 18.1 Å². The van der Waals surface area contributed by atoms with Crippen LogP contribution in [0.2, 0.25) is 5.02 Å². The molecule has 0 fully saturated rings. The molecule has 0 aliphatic carbocycles. The minimum atomic E-state index is -0.895. The number of rotatable bonds is 5. The average Bonchev–Trinajstić information content (AvgIpc) is 2.56. The normalized spacial score (nSPS) is 12.0. The molecule has 2 aromatic rings.